The van der Waals surface area contributed by atoms with E-state index in [-0.39, 0.29) is 23.1 Å². The number of aromatic nitrogens is 1. The van der Waals surface area contributed by atoms with E-state index in [0.717, 1.165) is 25.7 Å². The molecule has 2 aromatic rings. The first-order chi connectivity index (χ1) is 15.4. The summed E-state index contributed by atoms with van der Waals surface area (Å²) in [6, 6.07) is 4.49. The van der Waals surface area contributed by atoms with Crippen LogP contribution >= 0.6 is 11.3 Å². The third-order valence-corrected chi connectivity index (χ3v) is 8.39. The number of benzene rings is 1. The maximum atomic E-state index is 13.0. The van der Waals surface area contributed by atoms with Crippen LogP contribution in [0, 0.1) is 0 Å². The van der Waals surface area contributed by atoms with Gasteiger partial charge in [0.15, 0.2) is 5.13 Å². The van der Waals surface area contributed by atoms with Crippen molar-refractivity contribution in [3.05, 3.63) is 29.3 Å². The first-order valence-corrected chi connectivity index (χ1v) is 12.9. The van der Waals surface area contributed by atoms with Crippen LogP contribution in [0.25, 0.3) is 0 Å². The standard InChI is InChI=1S/C21H26N4O5S2/c1-30-18-8-7-16(32(28,29)24-9-3-2-4-10-24)13-17(18)23-19(26)12-15-14-31-21(22-15)25-11-5-6-20(25)27/h7-8,13-14H,2-6,9-12H2,1H3,(H,23,26). The minimum Gasteiger partial charge on any atom is -0.495 e. The number of nitrogens with zero attached hydrogens (tertiary/aromatic N) is 3. The molecule has 1 aromatic heterocycles. The van der Waals surface area contributed by atoms with Crippen LogP contribution in [0.15, 0.2) is 28.5 Å². The van der Waals surface area contributed by atoms with Crippen molar-refractivity contribution < 1.29 is 22.7 Å². The number of piperidine rings is 1. The number of nitrogens with one attached hydrogen (secondary N) is 1. The van der Waals surface area contributed by atoms with Crippen molar-refractivity contribution in [1.82, 2.24) is 9.29 Å². The van der Waals surface area contributed by atoms with Crippen LogP contribution in [-0.2, 0) is 26.0 Å². The van der Waals surface area contributed by atoms with E-state index in [1.807, 2.05) is 0 Å². The molecule has 2 amide bonds. The number of hydrogen-bond donors (Lipinski definition) is 1. The lowest BCUT2D eigenvalue weighted by molar-refractivity contribution is -0.117. The molecular weight excluding hydrogens is 452 g/mol. The van der Waals surface area contributed by atoms with Crippen LogP contribution in [0.1, 0.15) is 37.8 Å². The van der Waals surface area contributed by atoms with Crippen molar-refractivity contribution in [2.75, 3.05) is 37.0 Å². The van der Waals surface area contributed by atoms with Gasteiger partial charge >= 0.3 is 0 Å². The molecule has 0 bridgehead atoms. The van der Waals surface area contributed by atoms with Crippen LogP contribution in [0.3, 0.4) is 0 Å². The molecule has 11 heteroatoms. The summed E-state index contributed by atoms with van der Waals surface area (Å²) in [5.74, 6) is 0.0739. The molecule has 2 aliphatic rings. The molecule has 0 saturated carbocycles. The van der Waals surface area contributed by atoms with Crippen molar-refractivity contribution in [3.63, 3.8) is 0 Å². The van der Waals surface area contributed by atoms with Gasteiger partial charge in [0.2, 0.25) is 21.8 Å². The van der Waals surface area contributed by atoms with Crippen LogP contribution in [0.5, 0.6) is 5.75 Å². The lowest BCUT2D eigenvalue weighted by Crippen LogP contribution is -2.35. The molecule has 4 rings (SSSR count). The molecular formula is C21H26N4O5S2. The fourth-order valence-corrected chi connectivity index (χ4v) is 6.32. The average Bonchev–Trinajstić information content (AvgIpc) is 3.42. The van der Waals surface area contributed by atoms with Crippen LogP contribution in [0.2, 0.25) is 0 Å². The third kappa shape index (κ3) is 4.79. The fourth-order valence-electron chi connectivity index (χ4n) is 3.91. The van der Waals surface area contributed by atoms with Crippen LogP contribution in [0.4, 0.5) is 10.8 Å². The van der Waals surface area contributed by atoms with Gasteiger partial charge in [0.05, 0.1) is 29.8 Å². The Labute approximate surface area is 191 Å². The second kappa shape index (κ2) is 9.55. The second-order valence-corrected chi connectivity index (χ2v) is 10.6. The number of ether oxygens (including phenoxy) is 1. The molecule has 2 fully saturated rings. The Morgan fingerprint density at radius 1 is 1.19 bits per heavy atom. The molecule has 2 saturated heterocycles. The predicted molar refractivity (Wildman–Crippen MR) is 122 cm³/mol. The number of hydrogen-bond acceptors (Lipinski definition) is 7. The molecule has 1 N–H and O–H groups in total. The molecule has 172 valence electrons. The molecule has 0 aliphatic carbocycles. The van der Waals surface area contributed by atoms with Crippen molar-refractivity contribution in [3.8, 4) is 5.75 Å². The maximum Gasteiger partial charge on any atom is 0.243 e. The van der Waals surface area contributed by atoms with E-state index < -0.39 is 10.0 Å². The van der Waals surface area contributed by atoms with Gasteiger partial charge in [0.25, 0.3) is 0 Å². The zero-order valence-corrected chi connectivity index (χ0v) is 19.5. The highest BCUT2D eigenvalue weighted by Crippen LogP contribution is 2.30. The summed E-state index contributed by atoms with van der Waals surface area (Å²) >= 11 is 1.33. The molecule has 2 aliphatic heterocycles. The molecule has 0 atom stereocenters. The molecule has 32 heavy (non-hydrogen) atoms. The number of carbonyl (C=O) groups is 2. The van der Waals surface area contributed by atoms with Crippen molar-refractivity contribution in [2.24, 2.45) is 0 Å². The number of methoxy groups -OCH3 is 1. The van der Waals surface area contributed by atoms with Crippen molar-refractivity contribution in [2.45, 2.75) is 43.4 Å². The number of carbonyl (C=O) groups excluding carboxylic acids is 2. The first kappa shape index (κ1) is 22.7. The first-order valence-electron chi connectivity index (χ1n) is 10.6. The number of rotatable bonds is 7. The minimum absolute atomic E-state index is 0.00475. The van der Waals surface area contributed by atoms with Gasteiger partial charge in [0, 0.05) is 31.4 Å². The predicted octanol–water partition coefficient (Wildman–Crippen LogP) is 2.63. The highest BCUT2D eigenvalue weighted by molar-refractivity contribution is 7.89. The Morgan fingerprint density at radius 2 is 1.97 bits per heavy atom. The van der Waals surface area contributed by atoms with Gasteiger partial charge in [-0.1, -0.05) is 6.42 Å². The lowest BCUT2D eigenvalue weighted by atomic mass is 10.2. The minimum atomic E-state index is -3.64. The van der Waals surface area contributed by atoms with Gasteiger partial charge in [-0.3, -0.25) is 14.5 Å². The zero-order chi connectivity index (χ0) is 22.7. The van der Waals surface area contributed by atoms with Gasteiger partial charge in [-0.05, 0) is 37.5 Å². The third-order valence-electron chi connectivity index (χ3n) is 5.58. The Bertz CT molecular complexity index is 1110. The number of thiazole rings is 1. The van der Waals surface area contributed by atoms with Gasteiger partial charge in [-0.25, -0.2) is 13.4 Å². The second-order valence-electron chi connectivity index (χ2n) is 7.82. The lowest BCUT2D eigenvalue weighted by Gasteiger charge is -2.26. The van der Waals surface area contributed by atoms with Gasteiger partial charge in [0.1, 0.15) is 5.75 Å². The monoisotopic (exact) mass is 478 g/mol. The SMILES string of the molecule is COc1ccc(S(=O)(=O)N2CCCCC2)cc1NC(=O)Cc1csc(N2CCCC2=O)n1. The summed E-state index contributed by atoms with van der Waals surface area (Å²) in [5, 5.41) is 5.11. The van der Waals surface area contributed by atoms with E-state index in [1.165, 1.54) is 34.9 Å². The Morgan fingerprint density at radius 3 is 2.66 bits per heavy atom. The van der Waals surface area contributed by atoms with Crippen LogP contribution < -0.4 is 15.0 Å². The summed E-state index contributed by atoms with van der Waals surface area (Å²) in [4.78, 5) is 30.7. The molecule has 0 spiro atoms. The van der Waals surface area contributed by atoms with E-state index in [0.29, 0.717) is 48.3 Å². The summed E-state index contributed by atoms with van der Waals surface area (Å²) in [6.07, 6.45) is 4.05. The van der Waals surface area contributed by atoms with Crippen molar-refractivity contribution >= 4 is 44.0 Å². The Kier molecular flexibility index (Phi) is 6.77. The number of anilines is 2. The fraction of sp³-hybridized carbons (Fsp3) is 0.476. The zero-order valence-electron chi connectivity index (χ0n) is 17.9. The highest BCUT2D eigenvalue weighted by Gasteiger charge is 2.27. The van der Waals surface area contributed by atoms with E-state index in [9.17, 15) is 18.0 Å². The molecule has 0 unspecified atom stereocenters. The normalized spacial score (nSPS) is 17.5. The largest absolute Gasteiger partial charge is 0.495 e. The number of sulfonamides is 1. The van der Waals surface area contributed by atoms with E-state index in [4.69, 9.17) is 4.74 Å². The molecule has 1 aromatic carbocycles. The van der Waals surface area contributed by atoms with E-state index in [2.05, 4.69) is 10.3 Å². The highest BCUT2D eigenvalue weighted by atomic mass is 32.2. The van der Waals surface area contributed by atoms with Gasteiger partial charge in [-0.15, -0.1) is 11.3 Å². The summed E-state index contributed by atoms with van der Waals surface area (Å²) in [5.41, 5.74) is 0.846. The quantitative estimate of drug-likeness (QED) is 0.655. The Balaban J connectivity index is 1.48. The molecule has 9 nitrogen and oxygen atoms in total. The number of amides is 2. The van der Waals surface area contributed by atoms with Gasteiger partial charge < -0.3 is 10.1 Å². The molecule has 3 heterocycles. The van der Waals surface area contributed by atoms with Gasteiger partial charge in [-0.2, -0.15) is 4.31 Å². The maximum absolute atomic E-state index is 13.0. The van der Waals surface area contributed by atoms with E-state index in [1.54, 1.807) is 16.3 Å². The smallest absolute Gasteiger partial charge is 0.243 e. The summed E-state index contributed by atoms with van der Waals surface area (Å²) < 4.78 is 32.8. The summed E-state index contributed by atoms with van der Waals surface area (Å²) in [7, 11) is -2.18. The van der Waals surface area contributed by atoms with Crippen LogP contribution in [-0.4, -0.2) is 56.3 Å². The van der Waals surface area contributed by atoms with Crippen molar-refractivity contribution in [1.29, 1.82) is 0 Å². The van der Waals surface area contributed by atoms with E-state index >= 15 is 0 Å². The molecule has 0 radical (unpaired) electrons. The topological polar surface area (TPSA) is 109 Å². The summed E-state index contributed by atoms with van der Waals surface area (Å²) in [6.45, 7) is 1.65. The average molecular weight is 479 g/mol. The Hall–Kier alpha value is -2.50.